The molecule has 1 aromatic rings. The maximum Gasteiger partial charge on any atom is 0.335 e. The highest BCUT2D eigenvalue weighted by molar-refractivity contribution is 5.87. The van der Waals surface area contributed by atoms with Crippen molar-refractivity contribution in [3.63, 3.8) is 0 Å². The molecule has 3 N–H and O–H groups in total. The Morgan fingerprint density at radius 1 is 1.47 bits per heavy atom. The molecular formula is C11H14O4. The zero-order valence-corrected chi connectivity index (χ0v) is 8.69. The number of carboxylic acids is 1. The van der Waals surface area contributed by atoms with Gasteiger partial charge in [0.05, 0.1) is 12.2 Å². The Kier molecular flexibility index (Phi) is 3.12. The topological polar surface area (TPSA) is 77.8 Å². The number of rotatable bonds is 3. The van der Waals surface area contributed by atoms with E-state index in [0.29, 0.717) is 11.1 Å². The van der Waals surface area contributed by atoms with Crippen LogP contribution in [0.5, 0.6) is 0 Å². The zero-order valence-electron chi connectivity index (χ0n) is 8.69. The summed E-state index contributed by atoms with van der Waals surface area (Å²) >= 11 is 0. The average Bonchev–Trinajstić information content (AvgIpc) is 2.17. The van der Waals surface area contributed by atoms with Gasteiger partial charge >= 0.3 is 5.97 Å². The van der Waals surface area contributed by atoms with E-state index >= 15 is 0 Å². The second-order valence-electron chi connectivity index (χ2n) is 3.77. The zero-order chi connectivity index (χ0) is 11.6. The van der Waals surface area contributed by atoms with Gasteiger partial charge < -0.3 is 15.3 Å². The van der Waals surface area contributed by atoms with Crippen molar-refractivity contribution >= 4 is 5.97 Å². The third-order valence-corrected chi connectivity index (χ3v) is 2.36. The van der Waals surface area contributed by atoms with Crippen molar-refractivity contribution < 1.29 is 20.1 Å². The van der Waals surface area contributed by atoms with Crippen molar-refractivity contribution in [1.29, 1.82) is 0 Å². The van der Waals surface area contributed by atoms with E-state index in [9.17, 15) is 9.90 Å². The number of carboxylic acid groups (broad SMARTS) is 1. The van der Waals surface area contributed by atoms with Crippen LogP contribution in [0, 0.1) is 6.92 Å². The van der Waals surface area contributed by atoms with Gasteiger partial charge in [-0.3, -0.25) is 0 Å². The van der Waals surface area contributed by atoms with E-state index in [2.05, 4.69) is 0 Å². The fraction of sp³-hybridized carbons (Fsp3) is 0.364. The Labute approximate surface area is 87.8 Å². The molecule has 0 radical (unpaired) electrons. The monoisotopic (exact) mass is 210 g/mol. The molecule has 0 unspecified atom stereocenters. The van der Waals surface area contributed by atoms with Gasteiger partial charge in [0.25, 0.3) is 0 Å². The SMILES string of the molecule is Cc1cc(C(=O)O)ccc1[C@](C)(O)CO. The Bertz CT molecular complexity index is 382. The smallest absolute Gasteiger partial charge is 0.335 e. The van der Waals surface area contributed by atoms with Crippen molar-refractivity contribution in [3.05, 3.63) is 34.9 Å². The first-order valence-electron chi connectivity index (χ1n) is 4.56. The number of aromatic carboxylic acids is 1. The van der Waals surface area contributed by atoms with Crippen LogP contribution in [0.1, 0.15) is 28.4 Å². The average molecular weight is 210 g/mol. The highest BCUT2D eigenvalue weighted by Gasteiger charge is 2.24. The number of aryl methyl sites for hydroxylation is 1. The molecule has 0 fully saturated rings. The largest absolute Gasteiger partial charge is 0.478 e. The van der Waals surface area contributed by atoms with E-state index in [4.69, 9.17) is 10.2 Å². The second kappa shape index (κ2) is 4.00. The lowest BCUT2D eigenvalue weighted by atomic mass is 9.91. The summed E-state index contributed by atoms with van der Waals surface area (Å²) in [7, 11) is 0. The first-order chi connectivity index (χ1) is 6.88. The van der Waals surface area contributed by atoms with Crippen molar-refractivity contribution in [1.82, 2.24) is 0 Å². The third-order valence-electron chi connectivity index (χ3n) is 2.36. The number of hydrogen-bond acceptors (Lipinski definition) is 3. The number of benzene rings is 1. The normalized spacial score (nSPS) is 14.7. The fourth-order valence-electron chi connectivity index (χ4n) is 1.49. The molecule has 1 atom stereocenters. The maximum absolute atomic E-state index is 10.7. The second-order valence-corrected chi connectivity index (χ2v) is 3.77. The predicted molar refractivity (Wildman–Crippen MR) is 54.8 cm³/mol. The Hall–Kier alpha value is -1.39. The standard InChI is InChI=1S/C11H14O4/c1-7-5-8(10(13)14)3-4-9(7)11(2,15)6-12/h3-5,12,15H,6H2,1-2H3,(H,13,14)/t11-/m1/s1. The molecule has 15 heavy (non-hydrogen) atoms. The first kappa shape index (κ1) is 11.7. The summed E-state index contributed by atoms with van der Waals surface area (Å²) in [4.78, 5) is 10.7. The number of aliphatic hydroxyl groups is 2. The lowest BCUT2D eigenvalue weighted by molar-refractivity contribution is -0.00280. The van der Waals surface area contributed by atoms with Gasteiger partial charge in [0.1, 0.15) is 5.60 Å². The fourth-order valence-corrected chi connectivity index (χ4v) is 1.49. The lowest BCUT2D eigenvalue weighted by Crippen LogP contribution is -2.27. The number of carbonyl (C=O) groups is 1. The Balaban J connectivity index is 3.19. The molecule has 0 spiro atoms. The summed E-state index contributed by atoms with van der Waals surface area (Å²) in [5.74, 6) is -1.01. The summed E-state index contributed by atoms with van der Waals surface area (Å²) in [6.45, 7) is 2.78. The van der Waals surface area contributed by atoms with Crippen LogP contribution < -0.4 is 0 Å². The highest BCUT2D eigenvalue weighted by Crippen LogP contribution is 2.24. The highest BCUT2D eigenvalue weighted by atomic mass is 16.4. The molecule has 0 aliphatic rings. The van der Waals surface area contributed by atoms with Crippen LogP contribution in [0.3, 0.4) is 0 Å². The summed E-state index contributed by atoms with van der Waals surface area (Å²) < 4.78 is 0. The van der Waals surface area contributed by atoms with Crippen LogP contribution in [-0.4, -0.2) is 27.9 Å². The molecule has 0 saturated heterocycles. The molecule has 1 aromatic carbocycles. The van der Waals surface area contributed by atoms with E-state index in [1.165, 1.54) is 25.1 Å². The van der Waals surface area contributed by atoms with Gasteiger partial charge in [0.2, 0.25) is 0 Å². The minimum absolute atomic E-state index is 0.171. The van der Waals surface area contributed by atoms with Gasteiger partial charge in [0.15, 0.2) is 0 Å². The Morgan fingerprint density at radius 3 is 2.47 bits per heavy atom. The van der Waals surface area contributed by atoms with E-state index < -0.39 is 18.2 Å². The molecule has 0 aliphatic heterocycles. The summed E-state index contributed by atoms with van der Waals surface area (Å²) in [5.41, 5.74) is 0.0233. The molecule has 0 saturated carbocycles. The quantitative estimate of drug-likeness (QED) is 0.692. The van der Waals surface area contributed by atoms with Crippen LogP contribution in [0.25, 0.3) is 0 Å². The third kappa shape index (κ3) is 2.34. The van der Waals surface area contributed by atoms with Crippen molar-refractivity contribution in [2.45, 2.75) is 19.4 Å². The molecular weight excluding hydrogens is 196 g/mol. The van der Waals surface area contributed by atoms with E-state index in [-0.39, 0.29) is 5.56 Å². The van der Waals surface area contributed by atoms with E-state index in [1.807, 2.05) is 0 Å². The molecule has 0 aliphatic carbocycles. The predicted octanol–water partition coefficient (Wildman–Crippen LogP) is 0.893. The number of aliphatic hydroxyl groups excluding tert-OH is 1. The van der Waals surface area contributed by atoms with Crippen molar-refractivity contribution in [2.75, 3.05) is 6.61 Å². The van der Waals surface area contributed by atoms with Gasteiger partial charge in [-0.2, -0.15) is 0 Å². The van der Waals surface area contributed by atoms with Crippen molar-refractivity contribution in [2.24, 2.45) is 0 Å². The van der Waals surface area contributed by atoms with Crippen LogP contribution in [-0.2, 0) is 5.60 Å². The van der Waals surface area contributed by atoms with Gasteiger partial charge in [-0.1, -0.05) is 6.07 Å². The maximum atomic E-state index is 10.7. The molecule has 4 heteroatoms. The number of hydrogen-bond donors (Lipinski definition) is 3. The lowest BCUT2D eigenvalue weighted by Gasteiger charge is -2.23. The molecule has 0 bridgehead atoms. The van der Waals surface area contributed by atoms with Crippen LogP contribution >= 0.6 is 0 Å². The molecule has 0 aromatic heterocycles. The van der Waals surface area contributed by atoms with Crippen molar-refractivity contribution in [3.8, 4) is 0 Å². The molecule has 0 heterocycles. The minimum Gasteiger partial charge on any atom is -0.478 e. The van der Waals surface area contributed by atoms with Crippen LogP contribution in [0.15, 0.2) is 18.2 Å². The molecule has 0 amide bonds. The van der Waals surface area contributed by atoms with E-state index in [1.54, 1.807) is 6.92 Å². The van der Waals surface area contributed by atoms with Gasteiger partial charge in [-0.05, 0) is 37.1 Å². The van der Waals surface area contributed by atoms with Gasteiger partial charge in [-0.15, -0.1) is 0 Å². The molecule has 82 valence electrons. The summed E-state index contributed by atoms with van der Waals surface area (Å²) in [6, 6.07) is 4.41. The molecule has 1 rings (SSSR count). The molecule has 4 nitrogen and oxygen atoms in total. The minimum atomic E-state index is -1.33. The first-order valence-corrected chi connectivity index (χ1v) is 4.56. The van der Waals surface area contributed by atoms with Gasteiger partial charge in [-0.25, -0.2) is 4.79 Å². The summed E-state index contributed by atoms with van der Waals surface area (Å²) in [6.07, 6.45) is 0. The van der Waals surface area contributed by atoms with Crippen LogP contribution in [0.4, 0.5) is 0 Å². The Morgan fingerprint density at radius 2 is 2.07 bits per heavy atom. The van der Waals surface area contributed by atoms with E-state index in [0.717, 1.165) is 0 Å². The summed E-state index contributed by atoms with van der Waals surface area (Å²) in [5, 5.41) is 27.5. The van der Waals surface area contributed by atoms with Gasteiger partial charge in [0, 0.05) is 0 Å². The van der Waals surface area contributed by atoms with Crippen LogP contribution in [0.2, 0.25) is 0 Å².